The molecule has 2 aromatic rings. The van der Waals surface area contributed by atoms with E-state index in [1.54, 1.807) is 12.2 Å². The zero-order valence-electron chi connectivity index (χ0n) is 17.8. The summed E-state index contributed by atoms with van der Waals surface area (Å²) in [6.45, 7) is 7.86. The van der Waals surface area contributed by atoms with Crippen LogP contribution in [-0.4, -0.2) is 25.4 Å². The highest BCUT2D eigenvalue weighted by Gasteiger charge is 2.29. The Morgan fingerprint density at radius 3 is 1.34 bits per heavy atom. The lowest BCUT2D eigenvalue weighted by atomic mass is 9.88. The van der Waals surface area contributed by atoms with Crippen LogP contribution >= 0.6 is 0 Å². The maximum atomic E-state index is 14.9. The van der Waals surface area contributed by atoms with Crippen molar-refractivity contribution in [2.75, 3.05) is 13.2 Å². The molecule has 32 heavy (non-hydrogen) atoms. The smallest absolute Gasteiger partial charge is 0.167 e. The number of benzene rings is 2. The van der Waals surface area contributed by atoms with E-state index in [-0.39, 0.29) is 59.5 Å². The third-order valence-electron chi connectivity index (χ3n) is 6.54. The van der Waals surface area contributed by atoms with Gasteiger partial charge in [-0.2, -0.15) is 0 Å². The van der Waals surface area contributed by atoms with Gasteiger partial charge in [0.2, 0.25) is 0 Å². The van der Waals surface area contributed by atoms with Crippen molar-refractivity contribution in [1.29, 1.82) is 0 Å². The van der Waals surface area contributed by atoms with E-state index in [1.807, 2.05) is 0 Å². The summed E-state index contributed by atoms with van der Waals surface area (Å²) in [5.41, 5.74) is -0.243. The SMILES string of the molecule is C=CC1CCC(c2ccc(-c3ccc(C4CCC(C=C)OC4)c(F)c3F)c(F)c2F)CO1. The van der Waals surface area contributed by atoms with Crippen molar-refractivity contribution in [3.8, 4) is 11.1 Å². The van der Waals surface area contributed by atoms with Gasteiger partial charge in [0.05, 0.1) is 25.4 Å². The van der Waals surface area contributed by atoms with Crippen LogP contribution in [0.1, 0.15) is 48.6 Å². The molecule has 0 aromatic heterocycles. The molecule has 2 aliphatic rings. The lowest BCUT2D eigenvalue weighted by molar-refractivity contribution is 0.0319. The Kier molecular flexibility index (Phi) is 6.82. The average molecular weight is 446 g/mol. The van der Waals surface area contributed by atoms with Crippen LogP contribution in [0.25, 0.3) is 11.1 Å². The van der Waals surface area contributed by atoms with Gasteiger partial charge in [-0.25, -0.2) is 17.6 Å². The van der Waals surface area contributed by atoms with E-state index in [2.05, 4.69) is 13.2 Å². The molecular formula is C26H26F4O2. The highest BCUT2D eigenvalue weighted by atomic mass is 19.2. The maximum absolute atomic E-state index is 14.9. The Hall–Kier alpha value is -2.44. The van der Waals surface area contributed by atoms with Crippen LogP contribution in [0.15, 0.2) is 49.6 Å². The summed E-state index contributed by atoms with van der Waals surface area (Å²) in [7, 11) is 0. The molecule has 0 amide bonds. The average Bonchev–Trinajstić information content (AvgIpc) is 2.83. The molecule has 4 rings (SSSR count). The van der Waals surface area contributed by atoms with Crippen molar-refractivity contribution in [2.24, 2.45) is 0 Å². The Balaban J connectivity index is 1.60. The van der Waals surface area contributed by atoms with Gasteiger partial charge >= 0.3 is 0 Å². The Labute approximate surface area is 185 Å². The van der Waals surface area contributed by atoms with Gasteiger partial charge in [0.15, 0.2) is 23.3 Å². The summed E-state index contributed by atoms with van der Waals surface area (Å²) in [6.07, 6.45) is 5.77. The molecule has 6 heteroatoms. The molecule has 4 unspecified atom stereocenters. The third kappa shape index (κ3) is 4.26. The lowest BCUT2D eigenvalue weighted by Crippen LogP contribution is -2.24. The van der Waals surface area contributed by atoms with Crippen molar-refractivity contribution in [3.63, 3.8) is 0 Å². The molecule has 0 radical (unpaired) electrons. The molecule has 0 N–H and O–H groups in total. The van der Waals surface area contributed by atoms with Gasteiger partial charge in [0, 0.05) is 23.0 Å². The minimum atomic E-state index is -1.19. The fraction of sp³-hybridized carbons (Fsp3) is 0.385. The van der Waals surface area contributed by atoms with Gasteiger partial charge < -0.3 is 9.47 Å². The summed E-state index contributed by atoms with van der Waals surface area (Å²) in [5, 5.41) is 0. The molecular weight excluding hydrogens is 420 g/mol. The number of hydrogen-bond donors (Lipinski definition) is 0. The summed E-state index contributed by atoms with van der Waals surface area (Å²) in [6, 6.07) is 5.49. The quantitative estimate of drug-likeness (QED) is 0.371. The van der Waals surface area contributed by atoms with Crippen LogP contribution < -0.4 is 0 Å². The summed E-state index contributed by atoms with van der Waals surface area (Å²) in [5.74, 6) is -5.07. The number of ether oxygens (including phenoxy) is 2. The van der Waals surface area contributed by atoms with Gasteiger partial charge in [-0.05, 0) is 36.8 Å². The largest absolute Gasteiger partial charge is 0.374 e. The monoisotopic (exact) mass is 446 g/mol. The number of halogens is 4. The van der Waals surface area contributed by atoms with E-state index in [4.69, 9.17) is 9.47 Å². The Bertz CT molecular complexity index is 922. The molecule has 2 aliphatic heterocycles. The first-order valence-corrected chi connectivity index (χ1v) is 10.9. The first-order valence-electron chi connectivity index (χ1n) is 10.9. The van der Waals surface area contributed by atoms with E-state index in [1.165, 1.54) is 24.3 Å². The van der Waals surface area contributed by atoms with Gasteiger partial charge in [-0.1, -0.05) is 36.4 Å². The minimum absolute atomic E-state index is 0.0914. The third-order valence-corrected chi connectivity index (χ3v) is 6.54. The number of hydrogen-bond acceptors (Lipinski definition) is 2. The highest BCUT2D eigenvalue weighted by molar-refractivity contribution is 5.66. The molecule has 4 atom stereocenters. The maximum Gasteiger partial charge on any atom is 0.167 e. The number of rotatable bonds is 5. The van der Waals surface area contributed by atoms with Gasteiger partial charge in [0.25, 0.3) is 0 Å². The first kappa shape index (κ1) is 22.7. The van der Waals surface area contributed by atoms with Gasteiger partial charge in [-0.3, -0.25) is 0 Å². The molecule has 0 aliphatic carbocycles. The predicted octanol–water partition coefficient (Wildman–Crippen LogP) is 6.81. The molecule has 2 heterocycles. The van der Waals surface area contributed by atoms with E-state index in [0.29, 0.717) is 25.7 Å². The Morgan fingerprint density at radius 2 is 1.03 bits per heavy atom. The van der Waals surface area contributed by atoms with E-state index >= 15 is 0 Å². The van der Waals surface area contributed by atoms with Crippen LogP contribution in [0.4, 0.5) is 17.6 Å². The molecule has 2 nitrogen and oxygen atoms in total. The minimum Gasteiger partial charge on any atom is -0.374 e. The molecule has 2 fully saturated rings. The second-order valence-corrected chi connectivity index (χ2v) is 8.42. The van der Waals surface area contributed by atoms with Gasteiger partial charge in [-0.15, -0.1) is 13.2 Å². The predicted molar refractivity (Wildman–Crippen MR) is 116 cm³/mol. The molecule has 2 saturated heterocycles. The second kappa shape index (κ2) is 9.59. The van der Waals surface area contributed by atoms with Crippen molar-refractivity contribution in [3.05, 3.63) is 84.0 Å². The molecule has 0 saturated carbocycles. The molecule has 0 bridgehead atoms. The molecule has 0 spiro atoms. The first-order chi connectivity index (χ1) is 15.4. The molecule has 2 aromatic carbocycles. The second-order valence-electron chi connectivity index (χ2n) is 8.42. The van der Waals surface area contributed by atoms with Crippen LogP contribution in [0.2, 0.25) is 0 Å². The summed E-state index contributed by atoms with van der Waals surface area (Å²) >= 11 is 0. The van der Waals surface area contributed by atoms with Crippen LogP contribution in [0, 0.1) is 23.3 Å². The fourth-order valence-corrected chi connectivity index (χ4v) is 4.58. The zero-order valence-corrected chi connectivity index (χ0v) is 17.8. The normalized spacial score (nSPS) is 26.0. The zero-order chi connectivity index (χ0) is 22.8. The fourth-order valence-electron chi connectivity index (χ4n) is 4.58. The standard InChI is InChI=1S/C26H26F4O2/c1-3-17-7-5-15(13-31-17)19-9-11-21(25(29)23(19)27)22-12-10-20(24(28)26(22)30)16-6-8-18(4-2)32-14-16/h3-4,9-12,15-18H,1-2,5-8,13-14H2. The highest BCUT2D eigenvalue weighted by Crippen LogP contribution is 2.38. The van der Waals surface area contributed by atoms with E-state index in [0.717, 1.165) is 0 Å². The van der Waals surface area contributed by atoms with Crippen molar-refractivity contribution in [2.45, 2.75) is 49.7 Å². The Morgan fingerprint density at radius 1 is 0.625 bits per heavy atom. The van der Waals surface area contributed by atoms with E-state index < -0.39 is 23.3 Å². The van der Waals surface area contributed by atoms with Crippen LogP contribution in [0.3, 0.4) is 0 Å². The van der Waals surface area contributed by atoms with Crippen molar-refractivity contribution in [1.82, 2.24) is 0 Å². The van der Waals surface area contributed by atoms with Crippen molar-refractivity contribution < 1.29 is 27.0 Å². The van der Waals surface area contributed by atoms with E-state index in [9.17, 15) is 17.6 Å². The van der Waals surface area contributed by atoms with Crippen LogP contribution in [0.5, 0.6) is 0 Å². The van der Waals surface area contributed by atoms with Gasteiger partial charge in [0.1, 0.15) is 0 Å². The van der Waals surface area contributed by atoms with Crippen LogP contribution in [-0.2, 0) is 9.47 Å². The summed E-state index contributed by atoms with van der Waals surface area (Å²) in [4.78, 5) is 0. The molecule has 170 valence electrons. The topological polar surface area (TPSA) is 18.5 Å². The lowest BCUT2D eigenvalue weighted by Gasteiger charge is -2.28. The van der Waals surface area contributed by atoms with Crippen molar-refractivity contribution >= 4 is 0 Å². The summed E-state index contributed by atoms with van der Waals surface area (Å²) < 4.78 is 70.9.